The first-order valence-corrected chi connectivity index (χ1v) is 8.96. The maximum absolute atomic E-state index is 12.9. The minimum atomic E-state index is 0.0244. The highest BCUT2D eigenvalue weighted by atomic mass is 16.5. The van der Waals surface area contributed by atoms with Crippen LogP contribution in [0.1, 0.15) is 40.2 Å². The van der Waals surface area contributed by atoms with Crippen LogP contribution in [0.2, 0.25) is 0 Å². The molecule has 0 radical (unpaired) electrons. The molecule has 3 rings (SSSR count). The van der Waals surface area contributed by atoms with Crippen LogP contribution in [0.3, 0.4) is 0 Å². The summed E-state index contributed by atoms with van der Waals surface area (Å²) in [6.45, 7) is 2.05. The van der Waals surface area contributed by atoms with E-state index in [0.29, 0.717) is 29.5 Å². The molecular formula is C21H26N2O3. The molecule has 1 aliphatic rings. The van der Waals surface area contributed by atoms with E-state index in [0.717, 1.165) is 31.5 Å². The molecule has 1 amide bonds. The number of nitrogens with zero attached hydrogens (tertiary/aromatic N) is 1. The predicted octanol–water partition coefficient (Wildman–Crippen LogP) is 3.18. The maximum atomic E-state index is 12.9. The number of carbonyl (C=O) groups excluding carboxylic acids is 1. The van der Waals surface area contributed by atoms with E-state index in [-0.39, 0.29) is 5.91 Å². The Labute approximate surface area is 154 Å². The van der Waals surface area contributed by atoms with Crippen LogP contribution in [0.25, 0.3) is 0 Å². The molecule has 2 aromatic rings. The summed E-state index contributed by atoms with van der Waals surface area (Å²) in [4.78, 5) is 14.8. The summed E-state index contributed by atoms with van der Waals surface area (Å²) in [6, 6.07) is 13.8. The number of nitrogens with two attached hydrogens (primary N) is 1. The van der Waals surface area contributed by atoms with Gasteiger partial charge < -0.3 is 20.1 Å². The Hall–Kier alpha value is -2.53. The van der Waals surface area contributed by atoms with Gasteiger partial charge in [-0.15, -0.1) is 0 Å². The lowest BCUT2D eigenvalue weighted by molar-refractivity contribution is 0.0712. The van der Waals surface area contributed by atoms with Gasteiger partial charge in [0.15, 0.2) is 0 Å². The second-order valence-corrected chi connectivity index (χ2v) is 6.62. The van der Waals surface area contributed by atoms with Gasteiger partial charge in [-0.2, -0.15) is 0 Å². The molecule has 0 aromatic heterocycles. The smallest absolute Gasteiger partial charge is 0.254 e. The largest absolute Gasteiger partial charge is 0.497 e. The molecule has 1 saturated heterocycles. The number of rotatable bonds is 5. The Morgan fingerprint density at radius 1 is 1.08 bits per heavy atom. The van der Waals surface area contributed by atoms with Gasteiger partial charge in [0.2, 0.25) is 0 Å². The molecule has 0 aliphatic carbocycles. The zero-order valence-corrected chi connectivity index (χ0v) is 15.4. The fourth-order valence-corrected chi connectivity index (χ4v) is 3.50. The van der Waals surface area contributed by atoms with Gasteiger partial charge in [0, 0.05) is 31.3 Å². The van der Waals surface area contributed by atoms with Crippen LogP contribution < -0.4 is 15.2 Å². The Morgan fingerprint density at radius 2 is 1.73 bits per heavy atom. The molecule has 138 valence electrons. The number of hydrogen-bond acceptors (Lipinski definition) is 4. The highest BCUT2D eigenvalue weighted by molar-refractivity contribution is 5.95. The van der Waals surface area contributed by atoms with Crippen molar-refractivity contribution in [3.8, 4) is 11.5 Å². The van der Waals surface area contributed by atoms with Gasteiger partial charge in [0.1, 0.15) is 11.5 Å². The summed E-state index contributed by atoms with van der Waals surface area (Å²) >= 11 is 0. The molecule has 2 N–H and O–H groups in total. The van der Waals surface area contributed by atoms with Crippen molar-refractivity contribution in [2.45, 2.75) is 25.3 Å². The number of ether oxygens (including phenoxy) is 2. The van der Waals surface area contributed by atoms with Gasteiger partial charge >= 0.3 is 0 Å². The van der Waals surface area contributed by atoms with Gasteiger partial charge in [0.25, 0.3) is 5.91 Å². The van der Waals surface area contributed by atoms with Crippen molar-refractivity contribution in [2.24, 2.45) is 5.73 Å². The molecular weight excluding hydrogens is 328 g/mol. The molecule has 0 atom stereocenters. The van der Waals surface area contributed by atoms with Crippen LogP contribution in [-0.4, -0.2) is 38.1 Å². The first-order chi connectivity index (χ1) is 12.6. The van der Waals surface area contributed by atoms with Gasteiger partial charge in [-0.05, 0) is 42.0 Å². The molecule has 5 heteroatoms. The third-order valence-electron chi connectivity index (χ3n) is 5.04. The van der Waals surface area contributed by atoms with Crippen molar-refractivity contribution in [1.82, 2.24) is 4.90 Å². The molecule has 0 unspecified atom stereocenters. The molecule has 2 aromatic carbocycles. The van der Waals surface area contributed by atoms with Gasteiger partial charge in [-0.25, -0.2) is 0 Å². The number of likely N-dealkylation sites (tertiary alicyclic amines) is 1. The van der Waals surface area contributed by atoms with Crippen molar-refractivity contribution >= 4 is 5.91 Å². The lowest BCUT2D eigenvalue weighted by Crippen LogP contribution is -2.38. The Bertz CT molecular complexity index is 745. The van der Waals surface area contributed by atoms with Gasteiger partial charge in [-0.3, -0.25) is 4.79 Å². The number of benzene rings is 2. The summed E-state index contributed by atoms with van der Waals surface area (Å²) in [6.07, 6.45) is 1.92. The molecule has 5 nitrogen and oxygen atoms in total. The zero-order valence-electron chi connectivity index (χ0n) is 15.4. The van der Waals surface area contributed by atoms with Crippen molar-refractivity contribution < 1.29 is 14.3 Å². The van der Waals surface area contributed by atoms with Gasteiger partial charge in [0.05, 0.1) is 14.2 Å². The fraction of sp³-hybridized carbons (Fsp3) is 0.381. The van der Waals surface area contributed by atoms with E-state index in [9.17, 15) is 4.79 Å². The van der Waals surface area contributed by atoms with Crippen LogP contribution in [-0.2, 0) is 6.54 Å². The first-order valence-electron chi connectivity index (χ1n) is 8.96. The van der Waals surface area contributed by atoms with Crippen LogP contribution in [0.5, 0.6) is 11.5 Å². The summed E-state index contributed by atoms with van der Waals surface area (Å²) in [5.41, 5.74) is 8.83. The second-order valence-electron chi connectivity index (χ2n) is 6.62. The average molecular weight is 354 g/mol. The lowest BCUT2D eigenvalue weighted by atomic mass is 9.88. The molecule has 0 spiro atoms. The predicted molar refractivity (Wildman–Crippen MR) is 102 cm³/mol. The number of amides is 1. The Morgan fingerprint density at radius 3 is 2.31 bits per heavy atom. The normalized spacial score (nSPS) is 15.0. The highest BCUT2D eigenvalue weighted by Gasteiger charge is 2.25. The number of carbonyl (C=O) groups is 1. The molecule has 1 aliphatic heterocycles. The van der Waals surface area contributed by atoms with E-state index in [1.807, 2.05) is 4.90 Å². The summed E-state index contributed by atoms with van der Waals surface area (Å²) in [5, 5.41) is 0. The third kappa shape index (κ3) is 3.99. The topological polar surface area (TPSA) is 64.8 Å². The monoisotopic (exact) mass is 354 g/mol. The van der Waals surface area contributed by atoms with Crippen LogP contribution in [0, 0.1) is 0 Å². The van der Waals surface area contributed by atoms with Crippen LogP contribution in [0.15, 0.2) is 42.5 Å². The van der Waals surface area contributed by atoms with Crippen molar-refractivity contribution in [3.63, 3.8) is 0 Å². The van der Waals surface area contributed by atoms with Crippen molar-refractivity contribution in [3.05, 3.63) is 59.2 Å². The fourth-order valence-electron chi connectivity index (χ4n) is 3.50. The third-order valence-corrected chi connectivity index (χ3v) is 5.04. The van der Waals surface area contributed by atoms with E-state index in [1.54, 1.807) is 32.4 Å². The minimum absolute atomic E-state index is 0.0244. The van der Waals surface area contributed by atoms with E-state index in [2.05, 4.69) is 24.3 Å². The van der Waals surface area contributed by atoms with E-state index < -0.39 is 0 Å². The Balaban J connectivity index is 1.68. The molecule has 0 bridgehead atoms. The van der Waals surface area contributed by atoms with E-state index in [4.69, 9.17) is 15.2 Å². The molecule has 1 heterocycles. The SMILES string of the molecule is COc1cc(OC)cc(C(=O)N2CCC(c3cccc(CN)c3)CC2)c1. The Kier molecular flexibility index (Phi) is 5.78. The van der Waals surface area contributed by atoms with Gasteiger partial charge in [-0.1, -0.05) is 24.3 Å². The first kappa shape index (κ1) is 18.3. The molecule has 26 heavy (non-hydrogen) atoms. The van der Waals surface area contributed by atoms with Crippen molar-refractivity contribution in [1.29, 1.82) is 0 Å². The number of methoxy groups -OCH3 is 2. The standard InChI is InChI=1S/C21H26N2O3/c1-25-19-11-18(12-20(13-19)26-2)21(24)23-8-6-16(7-9-23)17-5-3-4-15(10-17)14-22/h3-5,10-13,16H,6-9,14,22H2,1-2H3. The molecule has 0 saturated carbocycles. The van der Waals surface area contributed by atoms with E-state index >= 15 is 0 Å². The number of piperidine rings is 1. The zero-order chi connectivity index (χ0) is 18.5. The quantitative estimate of drug-likeness (QED) is 0.896. The maximum Gasteiger partial charge on any atom is 0.254 e. The minimum Gasteiger partial charge on any atom is -0.497 e. The summed E-state index contributed by atoms with van der Waals surface area (Å²) in [5.74, 6) is 1.75. The van der Waals surface area contributed by atoms with Crippen molar-refractivity contribution in [2.75, 3.05) is 27.3 Å². The van der Waals surface area contributed by atoms with E-state index in [1.165, 1.54) is 5.56 Å². The average Bonchev–Trinajstić information content (AvgIpc) is 2.72. The summed E-state index contributed by atoms with van der Waals surface area (Å²) < 4.78 is 10.5. The summed E-state index contributed by atoms with van der Waals surface area (Å²) in [7, 11) is 3.17. The lowest BCUT2D eigenvalue weighted by Gasteiger charge is -2.32. The second kappa shape index (κ2) is 8.23. The van der Waals surface area contributed by atoms with Crippen LogP contribution >= 0.6 is 0 Å². The number of hydrogen-bond donors (Lipinski definition) is 1. The molecule has 1 fully saturated rings. The van der Waals surface area contributed by atoms with Crippen LogP contribution in [0.4, 0.5) is 0 Å². The highest BCUT2D eigenvalue weighted by Crippen LogP contribution is 2.30.